The van der Waals surface area contributed by atoms with Gasteiger partial charge in [-0.3, -0.25) is 0 Å². The molecule has 0 unspecified atom stereocenters. The van der Waals surface area contributed by atoms with Gasteiger partial charge in [0.05, 0.1) is 0 Å². The van der Waals surface area contributed by atoms with E-state index in [2.05, 4.69) is 76.1 Å². The van der Waals surface area contributed by atoms with Crippen molar-refractivity contribution in [3.05, 3.63) is 59.1 Å². The molecule has 2 aromatic carbocycles. The van der Waals surface area contributed by atoms with E-state index in [9.17, 15) is 0 Å². The summed E-state index contributed by atoms with van der Waals surface area (Å²) in [5, 5.41) is 1.18. The maximum absolute atomic E-state index is 5.58. The number of fused-ring (bicyclic) bond motifs is 1. The first kappa shape index (κ1) is 16.9. The zero-order chi connectivity index (χ0) is 17.8. The van der Waals surface area contributed by atoms with Gasteiger partial charge in [-0.15, -0.1) is 6.42 Å². The van der Waals surface area contributed by atoms with Crippen molar-refractivity contribution in [1.29, 1.82) is 0 Å². The van der Waals surface area contributed by atoms with Crippen LogP contribution in [0.5, 0.6) is 0 Å². The fraction of sp³-hybridized carbons (Fsp3) is 0.261. The van der Waals surface area contributed by atoms with Crippen LogP contribution in [0.15, 0.2) is 48.5 Å². The third kappa shape index (κ3) is 3.52. The SMILES string of the molecule is C#CC[n+]1c(/C=C/c2ccc(N3CCCCC3)cc2)sc2ccccc21. The van der Waals surface area contributed by atoms with E-state index in [1.807, 2.05) is 0 Å². The first-order chi connectivity index (χ1) is 12.8. The van der Waals surface area contributed by atoms with E-state index in [1.54, 1.807) is 11.3 Å². The molecule has 0 bridgehead atoms. The predicted octanol–water partition coefficient (Wildman–Crippen LogP) is 4.98. The molecule has 4 rings (SSSR count). The molecule has 0 spiro atoms. The molecular formula is C23H23N2S+. The maximum Gasteiger partial charge on any atom is 0.263 e. The van der Waals surface area contributed by atoms with Crippen LogP contribution in [0, 0.1) is 12.3 Å². The summed E-state index contributed by atoms with van der Waals surface area (Å²) in [6, 6.07) is 17.3. The van der Waals surface area contributed by atoms with Crippen molar-refractivity contribution in [2.45, 2.75) is 25.8 Å². The second kappa shape index (κ2) is 7.76. The molecule has 0 amide bonds. The molecule has 130 valence electrons. The smallest absolute Gasteiger partial charge is 0.263 e. The van der Waals surface area contributed by atoms with Crippen molar-refractivity contribution in [2.24, 2.45) is 0 Å². The van der Waals surface area contributed by atoms with Crippen molar-refractivity contribution in [2.75, 3.05) is 18.0 Å². The fourth-order valence-corrected chi connectivity index (χ4v) is 4.61. The number of thiazole rings is 1. The molecule has 1 aromatic heterocycles. The Morgan fingerprint density at radius 1 is 1.00 bits per heavy atom. The summed E-state index contributed by atoms with van der Waals surface area (Å²) >= 11 is 1.78. The predicted molar refractivity (Wildman–Crippen MR) is 112 cm³/mol. The van der Waals surface area contributed by atoms with Crippen LogP contribution in [0.25, 0.3) is 22.4 Å². The number of terminal acetylenes is 1. The summed E-state index contributed by atoms with van der Waals surface area (Å²) in [5.41, 5.74) is 3.76. The summed E-state index contributed by atoms with van der Waals surface area (Å²) in [4.78, 5) is 2.49. The number of hydrogen-bond donors (Lipinski definition) is 0. The van der Waals surface area contributed by atoms with Crippen molar-refractivity contribution in [3.63, 3.8) is 0 Å². The van der Waals surface area contributed by atoms with Crippen LogP contribution in [0.4, 0.5) is 5.69 Å². The molecule has 0 radical (unpaired) electrons. The minimum Gasteiger partial charge on any atom is -0.372 e. The monoisotopic (exact) mass is 359 g/mol. The Balaban J connectivity index is 1.57. The molecule has 26 heavy (non-hydrogen) atoms. The molecule has 0 saturated carbocycles. The average Bonchev–Trinajstić information content (AvgIpc) is 3.05. The topological polar surface area (TPSA) is 7.12 Å². The lowest BCUT2D eigenvalue weighted by Gasteiger charge is -2.28. The van der Waals surface area contributed by atoms with Crippen molar-refractivity contribution in [3.8, 4) is 12.3 Å². The Morgan fingerprint density at radius 2 is 1.77 bits per heavy atom. The van der Waals surface area contributed by atoms with Gasteiger partial charge < -0.3 is 4.90 Å². The number of para-hydroxylation sites is 1. The van der Waals surface area contributed by atoms with Crippen molar-refractivity contribution in [1.82, 2.24) is 0 Å². The van der Waals surface area contributed by atoms with Crippen LogP contribution < -0.4 is 9.47 Å². The van der Waals surface area contributed by atoms with Crippen LogP contribution in [-0.4, -0.2) is 13.1 Å². The molecule has 0 N–H and O–H groups in total. The highest BCUT2D eigenvalue weighted by Gasteiger charge is 2.16. The number of nitrogens with zero attached hydrogens (tertiary/aromatic N) is 2. The minimum atomic E-state index is 0.595. The van der Waals surface area contributed by atoms with Gasteiger partial charge in [-0.05, 0) is 55.0 Å². The summed E-state index contributed by atoms with van der Waals surface area (Å²) in [6.45, 7) is 2.96. The Hall–Kier alpha value is -2.57. The van der Waals surface area contributed by atoms with Crippen molar-refractivity contribution < 1.29 is 4.57 Å². The molecule has 0 aliphatic carbocycles. The van der Waals surface area contributed by atoms with Crippen LogP contribution in [0.1, 0.15) is 29.8 Å². The van der Waals surface area contributed by atoms with Gasteiger partial charge in [0, 0.05) is 30.9 Å². The first-order valence-corrected chi connectivity index (χ1v) is 10.0. The van der Waals surface area contributed by atoms with Gasteiger partial charge >= 0.3 is 0 Å². The Morgan fingerprint density at radius 3 is 2.54 bits per heavy atom. The zero-order valence-electron chi connectivity index (χ0n) is 14.9. The molecular weight excluding hydrogens is 336 g/mol. The summed E-state index contributed by atoms with van der Waals surface area (Å²) in [5.74, 6) is 2.77. The molecule has 0 atom stereocenters. The summed E-state index contributed by atoms with van der Waals surface area (Å²) < 4.78 is 3.47. The minimum absolute atomic E-state index is 0.595. The summed E-state index contributed by atoms with van der Waals surface area (Å²) in [6.07, 6.45) is 13.9. The van der Waals surface area contributed by atoms with E-state index in [0.717, 1.165) is 0 Å². The van der Waals surface area contributed by atoms with E-state index >= 15 is 0 Å². The molecule has 1 aliphatic rings. The first-order valence-electron chi connectivity index (χ1n) is 9.23. The van der Waals surface area contributed by atoms with Gasteiger partial charge in [0.25, 0.3) is 5.01 Å². The lowest BCUT2D eigenvalue weighted by Crippen LogP contribution is -2.34. The number of rotatable bonds is 4. The van der Waals surface area contributed by atoms with Gasteiger partial charge in [-0.1, -0.05) is 35.6 Å². The quantitative estimate of drug-likeness (QED) is 0.470. The third-order valence-corrected chi connectivity index (χ3v) is 6.05. The Kier molecular flexibility index (Phi) is 5.04. The standard InChI is InChI=1S/C23H23N2S/c1-2-16-25-21-8-4-5-9-22(21)26-23(25)15-12-19-10-13-20(14-11-19)24-17-6-3-7-18-24/h1,4-5,8-15H,3,6-7,16-18H2/q+1. The van der Waals surface area contributed by atoms with E-state index in [1.165, 1.54) is 58.8 Å². The van der Waals surface area contributed by atoms with Gasteiger partial charge in [-0.25, -0.2) is 0 Å². The number of anilines is 1. The molecule has 1 fully saturated rings. The molecule has 2 heterocycles. The van der Waals surface area contributed by atoms with Crippen LogP contribution in [-0.2, 0) is 6.54 Å². The second-order valence-corrected chi connectivity index (χ2v) is 7.73. The number of hydrogen-bond acceptors (Lipinski definition) is 2. The van der Waals surface area contributed by atoms with Crippen molar-refractivity contribution >= 4 is 39.4 Å². The van der Waals surface area contributed by atoms with Gasteiger partial charge in [0.1, 0.15) is 4.70 Å². The Labute approximate surface area is 159 Å². The molecule has 1 aliphatic heterocycles. The zero-order valence-corrected chi connectivity index (χ0v) is 15.7. The van der Waals surface area contributed by atoms with Crippen LogP contribution >= 0.6 is 11.3 Å². The summed E-state index contributed by atoms with van der Waals surface area (Å²) in [7, 11) is 0. The highest BCUT2D eigenvalue weighted by atomic mass is 32.1. The van der Waals surface area contributed by atoms with Gasteiger partial charge in [0.2, 0.25) is 12.1 Å². The van der Waals surface area contributed by atoms with E-state index in [0.29, 0.717) is 6.54 Å². The molecule has 3 heteroatoms. The largest absolute Gasteiger partial charge is 0.372 e. The number of piperidine rings is 1. The van der Waals surface area contributed by atoms with E-state index in [4.69, 9.17) is 6.42 Å². The molecule has 2 nitrogen and oxygen atoms in total. The normalized spacial score (nSPS) is 14.8. The van der Waals surface area contributed by atoms with Crippen LogP contribution in [0.2, 0.25) is 0 Å². The van der Waals surface area contributed by atoms with Gasteiger partial charge in [0.15, 0.2) is 0 Å². The number of benzene rings is 2. The number of aromatic nitrogens is 1. The lowest BCUT2D eigenvalue weighted by atomic mass is 10.1. The fourth-order valence-electron chi connectivity index (χ4n) is 3.55. The maximum atomic E-state index is 5.58. The lowest BCUT2D eigenvalue weighted by molar-refractivity contribution is -0.655. The molecule has 1 saturated heterocycles. The average molecular weight is 360 g/mol. The van der Waals surface area contributed by atoms with Crippen LogP contribution in [0.3, 0.4) is 0 Å². The highest BCUT2D eigenvalue weighted by Crippen LogP contribution is 2.23. The van der Waals surface area contributed by atoms with E-state index in [-0.39, 0.29) is 0 Å². The third-order valence-electron chi connectivity index (χ3n) is 4.92. The Bertz CT molecular complexity index is 954. The van der Waals surface area contributed by atoms with Gasteiger partial charge in [-0.2, -0.15) is 4.57 Å². The molecule has 3 aromatic rings. The van der Waals surface area contributed by atoms with E-state index < -0.39 is 0 Å². The second-order valence-electron chi connectivity index (χ2n) is 6.67. The highest BCUT2D eigenvalue weighted by molar-refractivity contribution is 7.18.